The standard InChI is InChI=1S/C24H28FN3O3/c1-31-22-11-5-16(6-12-22)24(30)27-19-13-20-3-2-4-21(14-19)28(20)15-23(29)26-18-9-7-17(25)8-10-18/h5-12,19-21H,2-4,13-15H2,1H3,(H,26,29)(H,27,30). The third kappa shape index (κ3) is 5.22. The molecule has 2 bridgehead atoms. The van der Waals surface area contributed by atoms with Gasteiger partial charge in [0.05, 0.1) is 13.7 Å². The molecule has 2 N–H and O–H groups in total. The maximum absolute atomic E-state index is 13.1. The third-order valence-corrected chi connectivity index (χ3v) is 6.27. The number of methoxy groups -OCH3 is 1. The Kier molecular flexibility index (Phi) is 6.51. The molecule has 6 nitrogen and oxygen atoms in total. The molecule has 2 fully saturated rings. The van der Waals surface area contributed by atoms with Crippen LogP contribution in [0.25, 0.3) is 0 Å². The molecule has 31 heavy (non-hydrogen) atoms. The Labute approximate surface area is 181 Å². The van der Waals surface area contributed by atoms with Gasteiger partial charge in [0.15, 0.2) is 0 Å². The molecule has 0 aliphatic carbocycles. The minimum atomic E-state index is -0.328. The number of rotatable bonds is 6. The summed E-state index contributed by atoms with van der Waals surface area (Å²) in [6.07, 6.45) is 4.86. The van der Waals surface area contributed by atoms with E-state index in [1.807, 2.05) is 0 Å². The van der Waals surface area contributed by atoms with E-state index in [2.05, 4.69) is 15.5 Å². The highest BCUT2D eigenvalue weighted by atomic mass is 19.1. The molecule has 0 saturated carbocycles. The molecule has 7 heteroatoms. The van der Waals surface area contributed by atoms with E-state index in [-0.39, 0.29) is 35.8 Å². The Balaban J connectivity index is 1.34. The maximum Gasteiger partial charge on any atom is 0.251 e. The van der Waals surface area contributed by atoms with E-state index in [1.54, 1.807) is 43.5 Å². The topological polar surface area (TPSA) is 70.7 Å². The first-order chi connectivity index (χ1) is 15.0. The van der Waals surface area contributed by atoms with E-state index in [0.717, 1.165) is 37.9 Å². The van der Waals surface area contributed by atoms with Gasteiger partial charge in [0, 0.05) is 29.4 Å². The zero-order chi connectivity index (χ0) is 21.8. The van der Waals surface area contributed by atoms with Gasteiger partial charge in [-0.1, -0.05) is 6.42 Å². The second kappa shape index (κ2) is 9.47. The molecule has 0 aromatic heterocycles. The average Bonchev–Trinajstić information content (AvgIpc) is 2.76. The predicted octanol–water partition coefficient (Wildman–Crippen LogP) is 3.59. The Morgan fingerprint density at radius 1 is 1.03 bits per heavy atom. The Bertz CT molecular complexity index is 903. The van der Waals surface area contributed by atoms with Crippen LogP contribution in [0.2, 0.25) is 0 Å². The predicted molar refractivity (Wildman–Crippen MR) is 117 cm³/mol. The number of nitrogens with zero attached hydrogens (tertiary/aromatic N) is 1. The van der Waals surface area contributed by atoms with E-state index in [4.69, 9.17) is 4.74 Å². The average molecular weight is 426 g/mol. The molecule has 0 radical (unpaired) electrons. The zero-order valence-electron chi connectivity index (χ0n) is 17.6. The van der Waals surface area contributed by atoms with Crippen LogP contribution in [-0.2, 0) is 4.79 Å². The lowest BCUT2D eigenvalue weighted by Gasteiger charge is -2.48. The summed E-state index contributed by atoms with van der Waals surface area (Å²) >= 11 is 0. The summed E-state index contributed by atoms with van der Waals surface area (Å²) in [5.41, 5.74) is 1.21. The fourth-order valence-corrected chi connectivity index (χ4v) is 4.77. The highest BCUT2D eigenvalue weighted by molar-refractivity contribution is 5.94. The van der Waals surface area contributed by atoms with E-state index >= 15 is 0 Å². The van der Waals surface area contributed by atoms with Gasteiger partial charge in [-0.15, -0.1) is 0 Å². The zero-order valence-corrected chi connectivity index (χ0v) is 17.6. The second-order valence-corrected chi connectivity index (χ2v) is 8.34. The molecule has 2 unspecified atom stereocenters. The van der Waals surface area contributed by atoms with Crippen molar-refractivity contribution >= 4 is 17.5 Å². The normalized spacial score (nSPS) is 23.1. The van der Waals surface area contributed by atoms with Crippen molar-refractivity contribution in [3.8, 4) is 5.75 Å². The fourth-order valence-electron chi connectivity index (χ4n) is 4.77. The van der Waals surface area contributed by atoms with E-state index in [9.17, 15) is 14.0 Å². The Hall–Kier alpha value is -2.93. The number of piperidine rings is 2. The first-order valence-electron chi connectivity index (χ1n) is 10.8. The molecule has 2 aromatic rings. The van der Waals surface area contributed by atoms with Crippen molar-refractivity contribution in [1.29, 1.82) is 0 Å². The van der Waals surface area contributed by atoms with Crippen molar-refractivity contribution < 1.29 is 18.7 Å². The number of benzene rings is 2. The number of carbonyl (C=O) groups is 2. The molecule has 2 amide bonds. The van der Waals surface area contributed by atoms with E-state index < -0.39 is 0 Å². The van der Waals surface area contributed by atoms with Crippen LogP contribution in [0.4, 0.5) is 10.1 Å². The van der Waals surface area contributed by atoms with E-state index in [1.165, 1.54) is 12.1 Å². The van der Waals surface area contributed by atoms with Gasteiger partial charge < -0.3 is 15.4 Å². The fraction of sp³-hybridized carbons (Fsp3) is 0.417. The first-order valence-corrected chi connectivity index (χ1v) is 10.8. The Morgan fingerprint density at radius 3 is 2.29 bits per heavy atom. The number of anilines is 1. The van der Waals surface area contributed by atoms with E-state index in [0.29, 0.717) is 17.8 Å². The lowest BCUT2D eigenvalue weighted by molar-refractivity contribution is -0.120. The highest BCUT2D eigenvalue weighted by Crippen LogP contribution is 2.34. The lowest BCUT2D eigenvalue weighted by Crippen LogP contribution is -2.58. The van der Waals surface area contributed by atoms with Crippen LogP contribution < -0.4 is 15.4 Å². The summed E-state index contributed by atoms with van der Waals surface area (Å²) in [7, 11) is 1.60. The SMILES string of the molecule is COc1ccc(C(=O)NC2CC3CCCC(C2)N3CC(=O)Nc2ccc(F)cc2)cc1. The summed E-state index contributed by atoms with van der Waals surface area (Å²) in [6, 6.07) is 13.5. The number of fused-ring (bicyclic) bond motifs is 2. The lowest BCUT2D eigenvalue weighted by atomic mass is 9.81. The third-order valence-electron chi connectivity index (χ3n) is 6.27. The summed E-state index contributed by atoms with van der Waals surface area (Å²) in [5.74, 6) is 0.224. The summed E-state index contributed by atoms with van der Waals surface area (Å²) in [6.45, 7) is 0.311. The van der Waals surface area contributed by atoms with Crippen LogP contribution in [0.1, 0.15) is 42.5 Å². The number of hydrogen-bond donors (Lipinski definition) is 2. The number of halogens is 1. The molecule has 4 rings (SSSR count). The van der Waals surface area contributed by atoms with Crippen molar-refractivity contribution in [3.05, 3.63) is 59.9 Å². The van der Waals surface area contributed by atoms with Crippen molar-refractivity contribution in [3.63, 3.8) is 0 Å². The van der Waals surface area contributed by atoms with Crippen LogP contribution in [0.3, 0.4) is 0 Å². The van der Waals surface area contributed by atoms with Crippen molar-refractivity contribution in [2.24, 2.45) is 0 Å². The van der Waals surface area contributed by atoms with Gasteiger partial charge in [0.1, 0.15) is 11.6 Å². The molecule has 2 aromatic carbocycles. The molecular weight excluding hydrogens is 397 g/mol. The van der Waals surface area contributed by atoms with Gasteiger partial charge in [-0.3, -0.25) is 14.5 Å². The van der Waals surface area contributed by atoms with Gasteiger partial charge in [0.25, 0.3) is 5.91 Å². The van der Waals surface area contributed by atoms with Crippen LogP contribution in [0, 0.1) is 5.82 Å². The monoisotopic (exact) mass is 425 g/mol. The van der Waals surface area contributed by atoms with Crippen LogP contribution >= 0.6 is 0 Å². The van der Waals surface area contributed by atoms with Gasteiger partial charge in [-0.2, -0.15) is 0 Å². The molecule has 2 aliphatic rings. The smallest absolute Gasteiger partial charge is 0.251 e. The molecule has 2 saturated heterocycles. The quantitative estimate of drug-likeness (QED) is 0.742. The number of nitrogens with one attached hydrogen (secondary N) is 2. The molecule has 164 valence electrons. The van der Waals surface area contributed by atoms with Crippen molar-refractivity contribution in [2.45, 2.75) is 50.2 Å². The molecular formula is C24H28FN3O3. The maximum atomic E-state index is 13.1. The summed E-state index contributed by atoms with van der Waals surface area (Å²) in [5, 5.41) is 6.03. The van der Waals surface area contributed by atoms with Crippen molar-refractivity contribution in [2.75, 3.05) is 19.0 Å². The highest BCUT2D eigenvalue weighted by Gasteiger charge is 2.39. The number of amides is 2. The first kappa shape index (κ1) is 21.3. The summed E-state index contributed by atoms with van der Waals surface area (Å²) in [4.78, 5) is 27.5. The molecule has 0 spiro atoms. The van der Waals surface area contributed by atoms with Gasteiger partial charge in [0.2, 0.25) is 5.91 Å². The van der Waals surface area contributed by atoms with Crippen LogP contribution in [-0.4, -0.2) is 48.5 Å². The molecule has 2 heterocycles. The van der Waals surface area contributed by atoms with Crippen LogP contribution in [0.15, 0.2) is 48.5 Å². The molecule has 2 atom stereocenters. The summed E-state index contributed by atoms with van der Waals surface area (Å²) < 4.78 is 18.2. The molecule has 2 aliphatic heterocycles. The Morgan fingerprint density at radius 2 is 1.68 bits per heavy atom. The second-order valence-electron chi connectivity index (χ2n) is 8.34. The minimum Gasteiger partial charge on any atom is -0.497 e. The largest absolute Gasteiger partial charge is 0.497 e. The van der Waals surface area contributed by atoms with Crippen LogP contribution in [0.5, 0.6) is 5.75 Å². The number of ether oxygens (including phenoxy) is 1. The van der Waals surface area contributed by atoms with Gasteiger partial charge in [-0.25, -0.2) is 4.39 Å². The van der Waals surface area contributed by atoms with Gasteiger partial charge in [-0.05, 0) is 74.2 Å². The van der Waals surface area contributed by atoms with Gasteiger partial charge >= 0.3 is 0 Å². The number of hydrogen-bond acceptors (Lipinski definition) is 4. The minimum absolute atomic E-state index is 0.0757. The van der Waals surface area contributed by atoms with Crippen molar-refractivity contribution in [1.82, 2.24) is 10.2 Å². The number of carbonyl (C=O) groups excluding carboxylic acids is 2.